The highest BCUT2D eigenvalue weighted by molar-refractivity contribution is 6.20. The molecule has 0 saturated carbocycles. The summed E-state index contributed by atoms with van der Waals surface area (Å²) in [6.45, 7) is 1.96. The number of nitrogens with zero attached hydrogens (tertiary/aromatic N) is 1. The van der Waals surface area contributed by atoms with Crippen molar-refractivity contribution >= 4 is 17.6 Å². The quantitative estimate of drug-likeness (QED) is 0.619. The molecule has 94 valence electrons. The highest BCUT2D eigenvalue weighted by Gasteiger charge is 2.29. The molecule has 1 aromatic rings. The lowest BCUT2D eigenvalue weighted by Gasteiger charge is -2.16. The molecule has 6 heteroatoms. The number of carbonyl (C=O) groups is 1. The molecule has 1 aromatic heterocycles. The van der Waals surface area contributed by atoms with Gasteiger partial charge < -0.3 is 4.74 Å². The average Bonchev–Trinajstić information content (AvgIpc) is 2.15. The molecule has 3 nitrogen and oxygen atoms in total. The Morgan fingerprint density at radius 2 is 2.29 bits per heavy atom. The summed E-state index contributed by atoms with van der Waals surface area (Å²) < 4.78 is 31.1. The fraction of sp³-hybridized carbons (Fsp3) is 0.455. The molecule has 0 amide bonds. The number of esters is 1. The van der Waals surface area contributed by atoms with Gasteiger partial charge in [0, 0.05) is 26.5 Å². The summed E-state index contributed by atoms with van der Waals surface area (Å²) in [5.41, 5.74) is -1.06. The van der Waals surface area contributed by atoms with Crippen LogP contribution in [0.25, 0.3) is 0 Å². The first-order valence-electron chi connectivity index (χ1n) is 4.94. The molecule has 1 atom stereocenters. The highest BCUT2D eigenvalue weighted by atomic mass is 35.5. The van der Waals surface area contributed by atoms with Crippen LogP contribution in [0.4, 0.5) is 8.78 Å². The minimum atomic E-state index is -3.05. The van der Waals surface area contributed by atoms with E-state index in [0.29, 0.717) is 0 Å². The molecule has 0 aliphatic heterocycles. The minimum absolute atomic E-state index is 0.00621. The summed E-state index contributed by atoms with van der Waals surface area (Å²) in [6, 6.07) is 3.01. The fourth-order valence-electron chi connectivity index (χ4n) is 1.39. The molecular formula is C11H12ClF2NO2. The molecule has 0 saturated heterocycles. The van der Waals surface area contributed by atoms with Gasteiger partial charge in [0.25, 0.3) is 5.92 Å². The summed E-state index contributed by atoms with van der Waals surface area (Å²) >= 11 is 5.72. The predicted molar refractivity (Wildman–Crippen MR) is 58.9 cm³/mol. The largest absolute Gasteiger partial charge is 0.446 e. The Labute approximate surface area is 103 Å². The van der Waals surface area contributed by atoms with E-state index in [2.05, 4.69) is 9.72 Å². The van der Waals surface area contributed by atoms with Gasteiger partial charge >= 0.3 is 5.97 Å². The number of hydrogen-bond acceptors (Lipinski definition) is 3. The van der Waals surface area contributed by atoms with Crippen molar-refractivity contribution in [3.05, 3.63) is 29.6 Å². The van der Waals surface area contributed by atoms with Gasteiger partial charge in [0.05, 0.1) is 0 Å². The smallest absolute Gasteiger partial charge is 0.304 e. The number of ether oxygens (including phenoxy) is 1. The number of aromatic nitrogens is 1. The minimum Gasteiger partial charge on any atom is -0.446 e. The summed E-state index contributed by atoms with van der Waals surface area (Å²) in [5.74, 6) is -3.61. The molecule has 17 heavy (non-hydrogen) atoms. The monoisotopic (exact) mass is 263 g/mol. The Bertz CT molecular complexity index is 407. The molecular weight excluding hydrogens is 252 g/mol. The third kappa shape index (κ3) is 4.26. The number of halogens is 3. The summed E-state index contributed by atoms with van der Waals surface area (Å²) in [6.07, 6.45) is 1.28. The molecule has 0 aliphatic carbocycles. The SMILES string of the molecule is CC(=O)OC(Cl)Cc1cccnc1C(C)(F)F. The van der Waals surface area contributed by atoms with Crippen LogP contribution in [0.2, 0.25) is 0 Å². The molecule has 0 aliphatic rings. The van der Waals surface area contributed by atoms with Gasteiger partial charge in [-0.3, -0.25) is 9.78 Å². The first-order valence-corrected chi connectivity index (χ1v) is 5.38. The van der Waals surface area contributed by atoms with Crippen LogP contribution in [0.1, 0.15) is 25.1 Å². The van der Waals surface area contributed by atoms with Crippen molar-refractivity contribution in [2.24, 2.45) is 0 Å². The normalized spacial score (nSPS) is 13.2. The Balaban J connectivity index is 2.87. The summed E-state index contributed by atoms with van der Waals surface area (Å²) in [5, 5.41) is 0. The third-order valence-electron chi connectivity index (χ3n) is 1.98. The van der Waals surface area contributed by atoms with E-state index < -0.39 is 17.5 Å². The lowest BCUT2D eigenvalue weighted by molar-refractivity contribution is -0.142. The maximum atomic E-state index is 13.2. The Morgan fingerprint density at radius 1 is 1.65 bits per heavy atom. The predicted octanol–water partition coefficient (Wildman–Crippen LogP) is 2.86. The third-order valence-corrected chi connectivity index (χ3v) is 2.22. The molecule has 0 spiro atoms. The van der Waals surface area contributed by atoms with Crippen LogP contribution in [-0.4, -0.2) is 16.5 Å². The highest BCUT2D eigenvalue weighted by Crippen LogP contribution is 2.29. The van der Waals surface area contributed by atoms with E-state index in [1.165, 1.54) is 25.3 Å². The zero-order valence-corrected chi connectivity index (χ0v) is 10.2. The molecule has 1 rings (SSSR count). The maximum Gasteiger partial charge on any atom is 0.304 e. The van der Waals surface area contributed by atoms with Crippen molar-refractivity contribution in [2.45, 2.75) is 31.8 Å². The van der Waals surface area contributed by atoms with Crippen LogP contribution in [0, 0.1) is 0 Å². The van der Waals surface area contributed by atoms with Gasteiger partial charge in [-0.1, -0.05) is 17.7 Å². The maximum absolute atomic E-state index is 13.2. The molecule has 1 heterocycles. The van der Waals surface area contributed by atoms with E-state index in [4.69, 9.17) is 11.6 Å². The van der Waals surface area contributed by atoms with E-state index in [-0.39, 0.29) is 17.7 Å². The van der Waals surface area contributed by atoms with Crippen molar-refractivity contribution in [2.75, 3.05) is 0 Å². The standard InChI is InChI=1S/C11H12ClF2NO2/c1-7(16)17-9(12)6-8-4-3-5-15-10(8)11(2,13)14/h3-5,9H,6H2,1-2H3. The fourth-order valence-corrected chi connectivity index (χ4v) is 1.68. The van der Waals surface area contributed by atoms with Crippen molar-refractivity contribution in [1.29, 1.82) is 0 Å². The van der Waals surface area contributed by atoms with Crippen LogP contribution in [-0.2, 0) is 21.9 Å². The van der Waals surface area contributed by atoms with Gasteiger partial charge in [-0.05, 0) is 11.6 Å². The molecule has 0 bridgehead atoms. The van der Waals surface area contributed by atoms with E-state index >= 15 is 0 Å². The lowest BCUT2D eigenvalue weighted by atomic mass is 10.1. The second-order valence-corrected chi connectivity index (χ2v) is 4.11. The summed E-state index contributed by atoms with van der Waals surface area (Å²) in [4.78, 5) is 14.3. The van der Waals surface area contributed by atoms with Gasteiger partial charge in [0.1, 0.15) is 5.69 Å². The van der Waals surface area contributed by atoms with E-state index in [0.717, 1.165) is 6.92 Å². The first kappa shape index (κ1) is 13.8. The second kappa shape index (κ2) is 5.40. The Morgan fingerprint density at radius 3 is 2.82 bits per heavy atom. The van der Waals surface area contributed by atoms with Gasteiger partial charge in [0.15, 0.2) is 5.56 Å². The van der Waals surface area contributed by atoms with Crippen molar-refractivity contribution in [1.82, 2.24) is 4.98 Å². The molecule has 1 unspecified atom stereocenters. The second-order valence-electron chi connectivity index (χ2n) is 3.62. The Hall–Kier alpha value is -1.23. The zero-order chi connectivity index (χ0) is 13.1. The van der Waals surface area contributed by atoms with Gasteiger partial charge in [0.2, 0.25) is 0 Å². The number of carbonyl (C=O) groups excluding carboxylic acids is 1. The van der Waals surface area contributed by atoms with Gasteiger partial charge in [-0.15, -0.1) is 0 Å². The molecule has 0 radical (unpaired) electrons. The van der Waals surface area contributed by atoms with E-state index in [9.17, 15) is 13.6 Å². The van der Waals surface area contributed by atoms with Crippen LogP contribution in [0.3, 0.4) is 0 Å². The zero-order valence-electron chi connectivity index (χ0n) is 9.41. The molecule has 0 aromatic carbocycles. The number of rotatable bonds is 4. The topological polar surface area (TPSA) is 39.2 Å². The van der Waals surface area contributed by atoms with Crippen molar-refractivity contribution in [3.63, 3.8) is 0 Å². The lowest BCUT2D eigenvalue weighted by Crippen LogP contribution is -2.18. The van der Waals surface area contributed by atoms with Crippen LogP contribution in [0.15, 0.2) is 18.3 Å². The number of hydrogen-bond donors (Lipinski definition) is 0. The first-order chi connectivity index (χ1) is 7.80. The van der Waals surface area contributed by atoms with Crippen molar-refractivity contribution in [3.8, 4) is 0 Å². The van der Waals surface area contributed by atoms with Gasteiger partial charge in [-0.25, -0.2) is 0 Å². The average molecular weight is 264 g/mol. The van der Waals surface area contributed by atoms with Crippen LogP contribution >= 0.6 is 11.6 Å². The van der Waals surface area contributed by atoms with E-state index in [1.54, 1.807) is 0 Å². The van der Waals surface area contributed by atoms with Gasteiger partial charge in [-0.2, -0.15) is 8.78 Å². The van der Waals surface area contributed by atoms with Crippen LogP contribution < -0.4 is 0 Å². The number of pyridine rings is 1. The molecule has 0 fully saturated rings. The Kier molecular flexibility index (Phi) is 4.40. The van der Waals surface area contributed by atoms with E-state index in [1.807, 2.05) is 0 Å². The van der Waals surface area contributed by atoms with Crippen LogP contribution in [0.5, 0.6) is 0 Å². The summed E-state index contributed by atoms with van der Waals surface area (Å²) in [7, 11) is 0. The number of alkyl halides is 3. The van der Waals surface area contributed by atoms with Crippen molar-refractivity contribution < 1.29 is 18.3 Å². The molecule has 0 N–H and O–H groups in total.